The summed E-state index contributed by atoms with van der Waals surface area (Å²) >= 11 is 0. The summed E-state index contributed by atoms with van der Waals surface area (Å²) in [5.74, 6) is 5.80. The fourth-order valence-corrected chi connectivity index (χ4v) is 4.54. The van der Waals surface area contributed by atoms with Crippen LogP contribution in [0.5, 0.6) is 0 Å². The third kappa shape index (κ3) is 7.00. The largest absolute Gasteiger partial charge is 0.416 e. The molecule has 0 atom stereocenters. The van der Waals surface area contributed by atoms with E-state index in [1.54, 1.807) is 41.4 Å². The van der Waals surface area contributed by atoms with Crippen LogP contribution in [0.1, 0.15) is 35.7 Å². The van der Waals surface area contributed by atoms with Crippen LogP contribution in [-0.4, -0.2) is 51.9 Å². The molecule has 0 radical (unpaired) electrons. The van der Waals surface area contributed by atoms with E-state index in [0.29, 0.717) is 55.4 Å². The predicted molar refractivity (Wildman–Crippen MR) is 147 cm³/mol. The molecule has 0 bridgehead atoms. The number of halogens is 3. The normalized spacial score (nSPS) is 17.1. The quantitative estimate of drug-likeness (QED) is 0.350. The number of allylic oxidation sites excluding steroid dienone is 4. The molecule has 2 aromatic rings. The number of amides is 1. The minimum absolute atomic E-state index is 0.0844. The molecule has 0 spiro atoms. The Hall–Kier alpha value is -3.87. The second-order valence-corrected chi connectivity index (χ2v) is 9.85. The Balaban J connectivity index is 1.50. The summed E-state index contributed by atoms with van der Waals surface area (Å²) in [7, 11) is 1.82. The zero-order valence-electron chi connectivity index (χ0n) is 22.8. The number of carbonyl (C=O) groups is 1. The minimum atomic E-state index is -4.55. The lowest BCUT2D eigenvalue weighted by Crippen LogP contribution is -2.35. The Morgan fingerprint density at radius 2 is 1.93 bits per heavy atom. The molecular weight excluding hydrogens is 523 g/mol. The molecule has 40 heavy (non-hydrogen) atoms. The van der Waals surface area contributed by atoms with E-state index in [2.05, 4.69) is 10.4 Å². The summed E-state index contributed by atoms with van der Waals surface area (Å²) < 4.78 is 48.0. The fraction of sp³-hybridized carbons (Fsp3) is 0.357. The maximum Gasteiger partial charge on any atom is 0.416 e. The van der Waals surface area contributed by atoms with Crippen LogP contribution in [0.15, 0.2) is 65.7 Å². The van der Waals surface area contributed by atoms with Crippen molar-refractivity contribution >= 4 is 17.3 Å². The number of nitrogens with one attached hydrogen (secondary N) is 1. The molecule has 1 amide bonds. The van der Waals surface area contributed by atoms with Crippen molar-refractivity contribution in [2.75, 3.05) is 31.6 Å². The molecule has 4 rings (SSSR count). The molecule has 0 saturated carbocycles. The number of aromatic nitrogens is 2. The van der Waals surface area contributed by atoms with Crippen molar-refractivity contribution in [3.8, 4) is 0 Å². The Morgan fingerprint density at radius 1 is 1.20 bits per heavy atom. The zero-order valence-corrected chi connectivity index (χ0v) is 22.8. The van der Waals surface area contributed by atoms with Gasteiger partial charge in [0, 0.05) is 55.4 Å². The number of nitrogens with two attached hydrogens (primary N) is 2. The Kier molecular flexibility index (Phi) is 8.82. The van der Waals surface area contributed by atoms with Crippen LogP contribution in [0.2, 0.25) is 0 Å². The first-order chi connectivity index (χ1) is 18.9. The molecule has 1 fully saturated rings. The number of hydrogen-bond donors (Lipinski definition) is 3. The molecule has 5 N–H and O–H groups in total. The highest BCUT2D eigenvalue weighted by Crippen LogP contribution is 2.33. The van der Waals surface area contributed by atoms with Crippen LogP contribution in [0, 0.1) is 6.92 Å². The highest BCUT2D eigenvalue weighted by molar-refractivity contribution is 6.04. The molecule has 214 valence electrons. The number of carbonyl (C=O) groups excluding carboxylic acids is 1. The van der Waals surface area contributed by atoms with Crippen molar-refractivity contribution in [3.05, 3.63) is 88.1 Å². The molecule has 12 heteroatoms. The Bertz CT molecular complexity index is 1380. The molecule has 0 unspecified atom stereocenters. The molecular formula is C28H34F3N7O2. The van der Waals surface area contributed by atoms with Crippen LogP contribution in [-0.2, 0) is 29.3 Å². The van der Waals surface area contributed by atoms with Gasteiger partial charge in [-0.15, -0.1) is 0 Å². The molecule has 1 aliphatic carbocycles. The van der Waals surface area contributed by atoms with Gasteiger partial charge in [-0.2, -0.15) is 18.3 Å². The van der Waals surface area contributed by atoms with E-state index in [-0.39, 0.29) is 12.1 Å². The number of anilines is 1. The van der Waals surface area contributed by atoms with E-state index < -0.39 is 17.6 Å². The summed E-state index contributed by atoms with van der Waals surface area (Å²) in [4.78, 5) is 15.2. The van der Waals surface area contributed by atoms with E-state index >= 15 is 0 Å². The van der Waals surface area contributed by atoms with Gasteiger partial charge in [0.05, 0.1) is 36.4 Å². The first-order valence-electron chi connectivity index (χ1n) is 12.8. The highest BCUT2D eigenvalue weighted by atomic mass is 19.4. The van der Waals surface area contributed by atoms with Crippen molar-refractivity contribution in [1.29, 1.82) is 0 Å². The van der Waals surface area contributed by atoms with E-state index in [1.807, 2.05) is 25.8 Å². The van der Waals surface area contributed by atoms with Gasteiger partial charge in [-0.05, 0) is 49.6 Å². The first kappa shape index (κ1) is 29.1. The Labute approximate surface area is 231 Å². The average molecular weight is 558 g/mol. The van der Waals surface area contributed by atoms with E-state index in [0.717, 1.165) is 29.0 Å². The summed E-state index contributed by atoms with van der Waals surface area (Å²) in [6.07, 6.45) is 4.06. The number of alkyl halides is 3. The standard InChI is InChI=1S/C28H34F3N7O2/c1-18-4-5-21(6-7-26(18)38(33)17-25(32)24-15-34-36(3)19(24)2)27(39)35-23-13-20(12-22(14-23)28(29,30)31)16-37-8-10-40-11-9-37/h4-5,7,12-15,17H,6,8-11,16,32-33H2,1-3H3,(H,35,39)/b25-17-. The zero-order chi connectivity index (χ0) is 29.0. The molecule has 2 aliphatic rings. The van der Waals surface area contributed by atoms with Gasteiger partial charge in [0.25, 0.3) is 5.91 Å². The molecule has 1 aromatic heterocycles. The fourth-order valence-electron chi connectivity index (χ4n) is 4.54. The number of ether oxygens (including phenoxy) is 1. The van der Waals surface area contributed by atoms with Crippen molar-refractivity contribution in [2.45, 2.75) is 33.0 Å². The van der Waals surface area contributed by atoms with Gasteiger partial charge in [0.15, 0.2) is 0 Å². The number of morpholine rings is 1. The number of hydrogen-bond acceptors (Lipinski definition) is 7. The van der Waals surface area contributed by atoms with E-state index in [4.69, 9.17) is 16.3 Å². The third-order valence-corrected chi connectivity index (χ3v) is 6.94. The summed E-state index contributed by atoms with van der Waals surface area (Å²) in [6, 6.07) is 3.66. The summed E-state index contributed by atoms with van der Waals surface area (Å²) in [5, 5.41) is 8.23. The van der Waals surface area contributed by atoms with Gasteiger partial charge >= 0.3 is 6.18 Å². The lowest BCUT2D eigenvalue weighted by atomic mass is 10.1. The number of rotatable bonds is 7. The van der Waals surface area contributed by atoms with E-state index in [9.17, 15) is 18.0 Å². The highest BCUT2D eigenvalue weighted by Gasteiger charge is 2.31. The predicted octanol–water partition coefficient (Wildman–Crippen LogP) is 3.81. The van der Waals surface area contributed by atoms with E-state index in [1.165, 1.54) is 5.01 Å². The maximum atomic E-state index is 13.6. The summed E-state index contributed by atoms with van der Waals surface area (Å²) in [5.41, 5.74) is 9.83. The molecule has 1 aromatic carbocycles. The summed E-state index contributed by atoms with van der Waals surface area (Å²) in [6.45, 7) is 6.39. The van der Waals surface area contributed by atoms with Gasteiger partial charge in [-0.1, -0.05) is 18.2 Å². The van der Waals surface area contributed by atoms with Crippen LogP contribution in [0.3, 0.4) is 0 Å². The number of aryl methyl sites for hydroxylation is 1. The second-order valence-electron chi connectivity index (χ2n) is 9.85. The van der Waals surface area contributed by atoms with Crippen molar-refractivity contribution in [3.63, 3.8) is 0 Å². The van der Waals surface area contributed by atoms with Crippen LogP contribution in [0.25, 0.3) is 5.70 Å². The number of hydrazine groups is 1. The maximum absolute atomic E-state index is 13.6. The van der Waals surface area contributed by atoms with Crippen molar-refractivity contribution in [1.82, 2.24) is 19.7 Å². The lowest BCUT2D eigenvalue weighted by Gasteiger charge is -2.27. The van der Waals surface area contributed by atoms with Gasteiger partial charge in [-0.25, -0.2) is 5.84 Å². The molecule has 1 saturated heterocycles. The smallest absolute Gasteiger partial charge is 0.397 e. The molecule has 9 nitrogen and oxygen atoms in total. The number of benzene rings is 1. The SMILES string of the molecule is CC1=CC=C(C(=O)Nc2cc(CN3CCOCC3)cc(C(F)(F)F)c2)CC=C1N(N)/C=C(\N)c1cnn(C)c1C. The monoisotopic (exact) mass is 557 g/mol. The van der Waals surface area contributed by atoms with Gasteiger partial charge < -0.3 is 15.8 Å². The van der Waals surface area contributed by atoms with Crippen molar-refractivity contribution in [2.24, 2.45) is 18.6 Å². The molecule has 1 aliphatic heterocycles. The lowest BCUT2D eigenvalue weighted by molar-refractivity contribution is -0.137. The number of nitrogens with zero attached hydrogens (tertiary/aromatic N) is 4. The van der Waals surface area contributed by atoms with Crippen LogP contribution >= 0.6 is 0 Å². The average Bonchev–Trinajstić information content (AvgIpc) is 3.10. The van der Waals surface area contributed by atoms with Crippen LogP contribution < -0.4 is 16.9 Å². The molecule has 2 heterocycles. The van der Waals surface area contributed by atoms with Gasteiger partial charge in [0.1, 0.15) is 0 Å². The topological polar surface area (TPSA) is 115 Å². The van der Waals surface area contributed by atoms with Crippen LogP contribution in [0.4, 0.5) is 18.9 Å². The van der Waals surface area contributed by atoms with Gasteiger partial charge in [-0.3, -0.25) is 19.4 Å². The van der Waals surface area contributed by atoms with Gasteiger partial charge in [0.2, 0.25) is 0 Å². The van der Waals surface area contributed by atoms with Crippen molar-refractivity contribution < 1.29 is 22.7 Å². The second kappa shape index (κ2) is 12.1. The first-order valence-corrected chi connectivity index (χ1v) is 12.8. The Morgan fingerprint density at radius 3 is 2.58 bits per heavy atom. The third-order valence-electron chi connectivity index (χ3n) is 6.94. The minimum Gasteiger partial charge on any atom is -0.397 e.